The van der Waals surface area contributed by atoms with Gasteiger partial charge in [-0.05, 0) is 28.1 Å². The van der Waals surface area contributed by atoms with E-state index in [1.165, 1.54) is 6.07 Å². The van der Waals surface area contributed by atoms with Crippen LogP contribution >= 0.6 is 28.3 Å². The SMILES string of the molecule is Cl.N[C@@H](CF)c1c(F)ccc(Br)c1O. The second-order valence-corrected chi connectivity index (χ2v) is 3.41. The normalized spacial score (nSPS) is 12.0. The second-order valence-electron chi connectivity index (χ2n) is 2.55. The van der Waals surface area contributed by atoms with Gasteiger partial charge >= 0.3 is 0 Å². The lowest BCUT2D eigenvalue weighted by molar-refractivity contribution is 0.400. The van der Waals surface area contributed by atoms with Gasteiger partial charge in [-0.2, -0.15) is 0 Å². The van der Waals surface area contributed by atoms with Crippen molar-refractivity contribution in [2.24, 2.45) is 5.73 Å². The van der Waals surface area contributed by atoms with Gasteiger partial charge < -0.3 is 10.8 Å². The second kappa shape index (κ2) is 5.48. The van der Waals surface area contributed by atoms with Crippen molar-refractivity contribution in [3.63, 3.8) is 0 Å². The molecule has 1 rings (SSSR count). The van der Waals surface area contributed by atoms with Crippen molar-refractivity contribution >= 4 is 28.3 Å². The van der Waals surface area contributed by atoms with Crippen molar-refractivity contribution in [3.8, 4) is 5.75 Å². The number of hydrogen-bond donors (Lipinski definition) is 2. The molecule has 0 fully saturated rings. The molecule has 0 amide bonds. The molecule has 0 aliphatic rings. The third-order valence-electron chi connectivity index (χ3n) is 1.65. The van der Waals surface area contributed by atoms with E-state index in [4.69, 9.17) is 5.73 Å². The molecule has 80 valence electrons. The molecule has 0 bridgehead atoms. The van der Waals surface area contributed by atoms with Crippen molar-refractivity contribution in [2.75, 3.05) is 6.67 Å². The first kappa shape index (κ1) is 13.6. The van der Waals surface area contributed by atoms with E-state index in [0.717, 1.165) is 6.07 Å². The molecule has 0 spiro atoms. The summed E-state index contributed by atoms with van der Waals surface area (Å²) in [6.07, 6.45) is 0. The van der Waals surface area contributed by atoms with Crippen LogP contribution < -0.4 is 5.73 Å². The summed E-state index contributed by atoms with van der Waals surface area (Å²) in [5.41, 5.74) is 5.07. The maximum Gasteiger partial charge on any atom is 0.137 e. The predicted molar refractivity (Wildman–Crippen MR) is 55.9 cm³/mol. The Morgan fingerprint density at radius 3 is 2.57 bits per heavy atom. The Morgan fingerprint density at radius 1 is 1.50 bits per heavy atom. The summed E-state index contributed by atoms with van der Waals surface area (Å²) < 4.78 is 25.5. The highest BCUT2D eigenvalue weighted by Crippen LogP contribution is 2.33. The van der Waals surface area contributed by atoms with Crippen molar-refractivity contribution in [1.29, 1.82) is 0 Å². The highest BCUT2D eigenvalue weighted by atomic mass is 79.9. The van der Waals surface area contributed by atoms with Gasteiger partial charge in [0.2, 0.25) is 0 Å². The average molecular weight is 289 g/mol. The summed E-state index contributed by atoms with van der Waals surface area (Å²) >= 11 is 2.98. The molecule has 3 N–H and O–H groups in total. The van der Waals surface area contributed by atoms with Crippen LogP contribution in [-0.4, -0.2) is 11.8 Å². The van der Waals surface area contributed by atoms with Crippen LogP contribution in [0.1, 0.15) is 11.6 Å². The number of halogens is 4. The molecular formula is C8H9BrClF2NO. The monoisotopic (exact) mass is 287 g/mol. The molecule has 1 aromatic carbocycles. The van der Waals surface area contributed by atoms with E-state index in [1.54, 1.807) is 0 Å². The van der Waals surface area contributed by atoms with E-state index in [9.17, 15) is 13.9 Å². The van der Waals surface area contributed by atoms with Crippen LogP contribution in [0.15, 0.2) is 16.6 Å². The minimum atomic E-state index is -1.13. The first-order valence-electron chi connectivity index (χ1n) is 3.56. The predicted octanol–water partition coefficient (Wildman–Crippen LogP) is 2.68. The fourth-order valence-corrected chi connectivity index (χ4v) is 1.33. The van der Waals surface area contributed by atoms with Crippen molar-refractivity contribution in [2.45, 2.75) is 6.04 Å². The van der Waals surface area contributed by atoms with Crippen LogP contribution in [-0.2, 0) is 0 Å². The Balaban J connectivity index is 0.00000169. The van der Waals surface area contributed by atoms with Crippen LogP contribution in [0, 0.1) is 5.82 Å². The van der Waals surface area contributed by atoms with Crippen LogP contribution in [0.5, 0.6) is 5.75 Å². The van der Waals surface area contributed by atoms with Gasteiger partial charge in [0.1, 0.15) is 18.2 Å². The number of phenolic OH excluding ortho intramolecular Hbond substituents is 1. The van der Waals surface area contributed by atoms with Gasteiger partial charge in [-0.15, -0.1) is 12.4 Å². The summed E-state index contributed by atoms with van der Waals surface area (Å²) in [5, 5.41) is 9.35. The lowest BCUT2D eigenvalue weighted by atomic mass is 10.1. The standard InChI is InChI=1S/C8H8BrF2NO.ClH/c9-4-1-2-5(11)7(8(4)13)6(12)3-10;/h1-2,6,13H,3,12H2;1H/t6-;/m0./s1. The molecule has 0 unspecified atom stereocenters. The largest absolute Gasteiger partial charge is 0.506 e. The van der Waals surface area contributed by atoms with E-state index >= 15 is 0 Å². The molecule has 0 saturated carbocycles. The number of benzene rings is 1. The first-order valence-corrected chi connectivity index (χ1v) is 4.35. The smallest absolute Gasteiger partial charge is 0.137 e. The molecule has 14 heavy (non-hydrogen) atoms. The Kier molecular flexibility index (Phi) is 5.33. The fraction of sp³-hybridized carbons (Fsp3) is 0.250. The number of aromatic hydroxyl groups is 1. The zero-order valence-electron chi connectivity index (χ0n) is 7.01. The summed E-state index contributed by atoms with van der Waals surface area (Å²) in [7, 11) is 0. The number of phenols is 1. The van der Waals surface area contributed by atoms with Crippen molar-refractivity contribution < 1.29 is 13.9 Å². The van der Waals surface area contributed by atoms with Gasteiger partial charge in [0.15, 0.2) is 0 Å². The zero-order chi connectivity index (χ0) is 10.0. The first-order chi connectivity index (χ1) is 6.07. The number of nitrogens with two attached hydrogens (primary N) is 1. The maximum absolute atomic E-state index is 13.0. The quantitative estimate of drug-likeness (QED) is 0.879. The maximum atomic E-state index is 13.0. The molecule has 1 atom stereocenters. The van der Waals surface area contributed by atoms with Gasteiger partial charge in [0.25, 0.3) is 0 Å². The molecule has 6 heteroatoms. The highest BCUT2D eigenvalue weighted by Gasteiger charge is 2.17. The topological polar surface area (TPSA) is 46.2 Å². The number of rotatable bonds is 2. The van der Waals surface area contributed by atoms with E-state index < -0.39 is 18.5 Å². The molecule has 1 aromatic rings. The highest BCUT2D eigenvalue weighted by molar-refractivity contribution is 9.10. The van der Waals surface area contributed by atoms with Crippen LogP contribution in [0.2, 0.25) is 0 Å². The summed E-state index contributed by atoms with van der Waals surface area (Å²) in [6.45, 7) is -0.916. The summed E-state index contributed by atoms with van der Waals surface area (Å²) in [6, 6.07) is 1.32. The molecule has 0 heterocycles. The third-order valence-corrected chi connectivity index (χ3v) is 2.29. The van der Waals surface area contributed by atoms with E-state index in [0.29, 0.717) is 4.47 Å². The molecule has 0 radical (unpaired) electrons. The van der Waals surface area contributed by atoms with Crippen LogP contribution in [0.4, 0.5) is 8.78 Å². The van der Waals surface area contributed by atoms with Crippen molar-refractivity contribution in [1.82, 2.24) is 0 Å². The summed E-state index contributed by atoms with van der Waals surface area (Å²) in [4.78, 5) is 0. The molecule has 0 aromatic heterocycles. The Morgan fingerprint density at radius 2 is 2.07 bits per heavy atom. The molecule has 2 nitrogen and oxygen atoms in total. The number of alkyl halides is 1. The minimum absolute atomic E-state index is 0. The van der Waals surface area contributed by atoms with Gasteiger partial charge in [-0.3, -0.25) is 0 Å². The van der Waals surface area contributed by atoms with Gasteiger partial charge in [-0.25, -0.2) is 8.78 Å². The Labute approximate surface area is 94.6 Å². The lowest BCUT2D eigenvalue weighted by Gasteiger charge is -2.11. The Bertz CT molecular complexity index is 324. The lowest BCUT2D eigenvalue weighted by Crippen LogP contribution is -2.14. The fourth-order valence-electron chi connectivity index (χ4n) is 0.987. The third kappa shape index (κ3) is 2.56. The number of hydrogen-bond acceptors (Lipinski definition) is 2. The summed E-state index contributed by atoms with van der Waals surface area (Å²) in [5.74, 6) is -1.05. The Hall–Kier alpha value is -0.390. The average Bonchev–Trinajstić information content (AvgIpc) is 2.12. The molecule has 0 aliphatic heterocycles. The molecular weight excluding hydrogens is 279 g/mol. The van der Waals surface area contributed by atoms with Gasteiger partial charge in [-0.1, -0.05) is 0 Å². The van der Waals surface area contributed by atoms with Crippen LogP contribution in [0.25, 0.3) is 0 Å². The minimum Gasteiger partial charge on any atom is -0.506 e. The zero-order valence-corrected chi connectivity index (χ0v) is 9.41. The van der Waals surface area contributed by atoms with Gasteiger partial charge in [0.05, 0.1) is 16.1 Å². The van der Waals surface area contributed by atoms with E-state index in [-0.39, 0.29) is 23.7 Å². The van der Waals surface area contributed by atoms with Crippen molar-refractivity contribution in [3.05, 3.63) is 28.0 Å². The van der Waals surface area contributed by atoms with E-state index in [2.05, 4.69) is 15.9 Å². The molecule has 0 aliphatic carbocycles. The van der Waals surface area contributed by atoms with Gasteiger partial charge in [0, 0.05) is 0 Å². The molecule has 0 saturated heterocycles. The van der Waals surface area contributed by atoms with E-state index in [1.807, 2.05) is 0 Å². The van der Waals surface area contributed by atoms with Crippen LogP contribution in [0.3, 0.4) is 0 Å².